The van der Waals surface area contributed by atoms with E-state index in [1.807, 2.05) is 0 Å². The van der Waals surface area contributed by atoms with Crippen LogP contribution in [-0.4, -0.2) is 43.0 Å². The lowest BCUT2D eigenvalue weighted by Gasteiger charge is -1.85. The Morgan fingerprint density at radius 3 is 2.20 bits per heavy atom. The highest BCUT2D eigenvalue weighted by atomic mass is 16.6. The van der Waals surface area contributed by atoms with Crippen molar-refractivity contribution >= 4 is 6.03 Å². The molecular weight excluding hydrogens is 136 g/mol. The van der Waals surface area contributed by atoms with E-state index in [-0.39, 0.29) is 12.8 Å². The molecule has 0 saturated carbocycles. The molecule has 1 saturated heterocycles. The van der Waals surface area contributed by atoms with Crippen molar-refractivity contribution in [1.82, 2.24) is 4.90 Å². The summed E-state index contributed by atoms with van der Waals surface area (Å²) in [6.07, 6.45) is 0. The number of amides is 2. The molecular formula is C5H12N2O3. The summed E-state index contributed by atoms with van der Waals surface area (Å²) in [7, 11) is 1.43. The molecule has 3 N–H and O–H groups in total. The van der Waals surface area contributed by atoms with Crippen LogP contribution in [0.1, 0.15) is 0 Å². The van der Waals surface area contributed by atoms with Gasteiger partial charge in [-0.1, -0.05) is 0 Å². The minimum atomic E-state index is -0.296. The SMILES string of the molecule is COCO.NC(=O)N1CC1. The second-order valence-corrected chi connectivity index (χ2v) is 1.74. The minimum absolute atomic E-state index is 0.181. The molecule has 5 heteroatoms. The van der Waals surface area contributed by atoms with Gasteiger partial charge in [0.05, 0.1) is 0 Å². The zero-order chi connectivity index (χ0) is 7.98. The number of urea groups is 1. The number of carbonyl (C=O) groups excluding carboxylic acids is 1. The minimum Gasteiger partial charge on any atom is -0.371 e. The maximum Gasteiger partial charge on any atom is 0.314 e. The average molecular weight is 148 g/mol. The van der Waals surface area contributed by atoms with Crippen molar-refractivity contribution in [2.75, 3.05) is 27.0 Å². The molecule has 1 aliphatic rings. The Morgan fingerprint density at radius 2 is 2.20 bits per heavy atom. The summed E-state index contributed by atoms with van der Waals surface area (Å²) >= 11 is 0. The van der Waals surface area contributed by atoms with Gasteiger partial charge in [-0.2, -0.15) is 0 Å². The summed E-state index contributed by atoms with van der Waals surface area (Å²) in [5, 5.41) is 7.65. The molecule has 0 unspecified atom stereocenters. The molecule has 0 aromatic carbocycles. The number of primary amides is 1. The van der Waals surface area contributed by atoms with Crippen molar-refractivity contribution in [3.63, 3.8) is 0 Å². The van der Waals surface area contributed by atoms with Gasteiger partial charge in [-0.15, -0.1) is 0 Å². The highest BCUT2D eigenvalue weighted by Crippen LogP contribution is 1.99. The van der Waals surface area contributed by atoms with Gasteiger partial charge in [0, 0.05) is 20.2 Å². The molecule has 0 aliphatic carbocycles. The van der Waals surface area contributed by atoms with Crippen molar-refractivity contribution in [2.24, 2.45) is 5.73 Å². The van der Waals surface area contributed by atoms with E-state index in [9.17, 15) is 4.79 Å². The van der Waals surface area contributed by atoms with Crippen LogP contribution >= 0.6 is 0 Å². The molecule has 0 radical (unpaired) electrons. The zero-order valence-electron chi connectivity index (χ0n) is 5.91. The van der Waals surface area contributed by atoms with E-state index in [2.05, 4.69) is 4.74 Å². The maximum absolute atomic E-state index is 9.91. The van der Waals surface area contributed by atoms with Crippen molar-refractivity contribution < 1.29 is 14.6 Å². The molecule has 2 amide bonds. The predicted octanol–water partition coefficient (Wildman–Crippen LogP) is -1.04. The zero-order valence-corrected chi connectivity index (χ0v) is 5.91. The first-order chi connectivity index (χ1) is 4.72. The number of methoxy groups -OCH3 is 1. The van der Waals surface area contributed by atoms with Gasteiger partial charge in [0.2, 0.25) is 0 Å². The fraction of sp³-hybridized carbons (Fsp3) is 0.800. The Bertz CT molecular complexity index is 101. The third-order valence-electron chi connectivity index (χ3n) is 0.888. The molecule has 0 aromatic rings. The van der Waals surface area contributed by atoms with E-state index in [0.29, 0.717) is 0 Å². The number of hydrogen-bond donors (Lipinski definition) is 2. The van der Waals surface area contributed by atoms with Gasteiger partial charge >= 0.3 is 6.03 Å². The maximum atomic E-state index is 9.91. The number of nitrogens with two attached hydrogens (primary N) is 1. The standard InChI is InChI=1S/C3H6N2O.C2H6O2/c4-3(6)5-1-2-5;1-4-2-3/h1-2H2,(H2,4,6);3H,2H2,1H3. The molecule has 10 heavy (non-hydrogen) atoms. The van der Waals surface area contributed by atoms with Crippen LogP contribution < -0.4 is 5.73 Å². The van der Waals surface area contributed by atoms with Crippen LogP contribution in [0.4, 0.5) is 4.79 Å². The molecule has 1 heterocycles. The highest BCUT2D eigenvalue weighted by Gasteiger charge is 2.20. The number of aliphatic hydroxyl groups excluding tert-OH is 1. The van der Waals surface area contributed by atoms with Crippen LogP contribution in [0.3, 0.4) is 0 Å². The van der Waals surface area contributed by atoms with Gasteiger partial charge in [-0.05, 0) is 0 Å². The average Bonchev–Trinajstić information content (AvgIpc) is 2.69. The normalized spacial score (nSPS) is 13.6. The first-order valence-electron chi connectivity index (χ1n) is 2.86. The summed E-state index contributed by atoms with van der Waals surface area (Å²) in [5.41, 5.74) is 4.78. The van der Waals surface area contributed by atoms with E-state index in [0.717, 1.165) is 13.1 Å². The van der Waals surface area contributed by atoms with E-state index in [4.69, 9.17) is 10.8 Å². The number of hydrogen-bond acceptors (Lipinski definition) is 3. The predicted molar refractivity (Wildman–Crippen MR) is 35.3 cm³/mol. The van der Waals surface area contributed by atoms with Gasteiger partial charge in [0.25, 0.3) is 0 Å². The van der Waals surface area contributed by atoms with Crippen LogP contribution in [-0.2, 0) is 4.74 Å². The van der Waals surface area contributed by atoms with Crippen LogP contribution in [0.2, 0.25) is 0 Å². The molecule has 0 spiro atoms. The molecule has 5 nitrogen and oxygen atoms in total. The second kappa shape index (κ2) is 5.01. The summed E-state index contributed by atoms with van der Waals surface area (Å²) in [5.74, 6) is 0. The third kappa shape index (κ3) is 5.33. The number of nitrogens with zero attached hydrogens (tertiary/aromatic N) is 1. The number of carbonyl (C=O) groups is 1. The van der Waals surface area contributed by atoms with Crippen molar-refractivity contribution in [1.29, 1.82) is 0 Å². The van der Waals surface area contributed by atoms with E-state index in [1.165, 1.54) is 7.11 Å². The molecule has 1 rings (SSSR count). The first-order valence-corrected chi connectivity index (χ1v) is 2.86. The molecule has 1 aliphatic heterocycles. The molecule has 0 aromatic heterocycles. The lowest BCUT2D eigenvalue weighted by Crippen LogP contribution is -2.17. The fourth-order valence-corrected chi connectivity index (χ4v) is 0.270. The Kier molecular flexibility index (Phi) is 4.61. The molecule has 60 valence electrons. The van der Waals surface area contributed by atoms with Crippen molar-refractivity contribution in [3.8, 4) is 0 Å². The number of ether oxygens (including phenoxy) is 1. The van der Waals surface area contributed by atoms with E-state index in [1.54, 1.807) is 4.90 Å². The Hall–Kier alpha value is -0.810. The van der Waals surface area contributed by atoms with Crippen molar-refractivity contribution in [2.45, 2.75) is 0 Å². The van der Waals surface area contributed by atoms with E-state index < -0.39 is 0 Å². The summed E-state index contributed by atoms with van der Waals surface area (Å²) in [4.78, 5) is 11.5. The van der Waals surface area contributed by atoms with Gasteiger partial charge in [0.1, 0.15) is 6.79 Å². The van der Waals surface area contributed by atoms with Crippen LogP contribution in [0.25, 0.3) is 0 Å². The van der Waals surface area contributed by atoms with Crippen LogP contribution in [0.15, 0.2) is 0 Å². The quantitative estimate of drug-likeness (QED) is 0.368. The number of rotatable bonds is 1. The third-order valence-corrected chi connectivity index (χ3v) is 0.888. The van der Waals surface area contributed by atoms with Gasteiger partial charge in [-0.25, -0.2) is 4.79 Å². The molecule has 1 fully saturated rings. The topological polar surface area (TPSA) is 75.6 Å². The smallest absolute Gasteiger partial charge is 0.314 e. The lowest BCUT2D eigenvalue weighted by atomic mass is 11.0. The Morgan fingerprint density at radius 1 is 1.80 bits per heavy atom. The van der Waals surface area contributed by atoms with Gasteiger partial charge in [0.15, 0.2) is 0 Å². The number of aliphatic hydroxyl groups is 1. The molecule has 0 atom stereocenters. The van der Waals surface area contributed by atoms with Gasteiger partial charge in [-0.3, -0.25) is 0 Å². The van der Waals surface area contributed by atoms with E-state index >= 15 is 0 Å². The van der Waals surface area contributed by atoms with Crippen LogP contribution in [0, 0.1) is 0 Å². The lowest BCUT2D eigenvalue weighted by molar-refractivity contribution is 0.0325. The monoisotopic (exact) mass is 148 g/mol. The molecule has 0 bridgehead atoms. The first kappa shape index (κ1) is 9.19. The Labute approximate surface area is 59.4 Å². The van der Waals surface area contributed by atoms with Crippen LogP contribution in [0.5, 0.6) is 0 Å². The Balaban J connectivity index is 0.000000180. The second-order valence-electron chi connectivity index (χ2n) is 1.74. The largest absolute Gasteiger partial charge is 0.371 e. The fourth-order valence-electron chi connectivity index (χ4n) is 0.270. The van der Waals surface area contributed by atoms with Gasteiger partial charge < -0.3 is 20.5 Å². The highest BCUT2D eigenvalue weighted by molar-refractivity contribution is 5.74. The summed E-state index contributed by atoms with van der Waals surface area (Å²) in [6.45, 7) is 1.53. The summed E-state index contributed by atoms with van der Waals surface area (Å²) in [6, 6.07) is -0.296. The summed E-state index contributed by atoms with van der Waals surface area (Å²) < 4.78 is 4.10. The van der Waals surface area contributed by atoms with Crippen molar-refractivity contribution in [3.05, 3.63) is 0 Å².